The van der Waals surface area contributed by atoms with E-state index in [1.807, 2.05) is 24.5 Å². The van der Waals surface area contributed by atoms with Gasteiger partial charge in [-0.3, -0.25) is 0 Å². The van der Waals surface area contributed by atoms with Crippen molar-refractivity contribution in [3.63, 3.8) is 0 Å². The molecule has 0 bridgehead atoms. The Morgan fingerprint density at radius 3 is 2.26 bits per heavy atom. The van der Waals surface area contributed by atoms with Crippen LogP contribution in [0.3, 0.4) is 0 Å². The summed E-state index contributed by atoms with van der Waals surface area (Å²) in [6.07, 6.45) is 1.00. The normalized spacial score (nSPS) is 11.8. The lowest BCUT2D eigenvalue weighted by Gasteiger charge is -2.15. The maximum atomic E-state index is 11.3. The van der Waals surface area contributed by atoms with Crippen molar-refractivity contribution in [3.8, 4) is 5.75 Å². The number of hydrogen-bond donors (Lipinski definition) is 1. The van der Waals surface area contributed by atoms with Crippen molar-refractivity contribution in [1.82, 2.24) is 0 Å². The largest absolute Gasteiger partial charge is 0.478 e. The maximum Gasteiger partial charge on any atom is 0.349 e. The van der Waals surface area contributed by atoms with E-state index in [4.69, 9.17) is 4.74 Å². The van der Waals surface area contributed by atoms with E-state index < -0.39 is 12.1 Å². The van der Waals surface area contributed by atoms with E-state index in [-0.39, 0.29) is 0 Å². The summed E-state index contributed by atoms with van der Waals surface area (Å²) in [4.78, 5) is 12.4. The van der Waals surface area contributed by atoms with Crippen LogP contribution in [0.5, 0.6) is 5.75 Å². The Bertz CT molecular complexity index is 537. The van der Waals surface area contributed by atoms with E-state index >= 15 is 0 Å². The standard InChI is InChI=1S/C15H14O3S/c1-19-13-9-7-12(8-10-13)18-14(15(16)17)11-5-3-2-4-6-11/h2-10,14H,1H3,(H,16,17). The molecule has 98 valence electrons. The van der Waals surface area contributed by atoms with Crippen molar-refractivity contribution in [2.24, 2.45) is 0 Å². The number of carboxylic acids is 1. The van der Waals surface area contributed by atoms with Crippen molar-refractivity contribution < 1.29 is 14.6 Å². The second-order valence-electron chi connectivity index (χ2n) is 3.92. The molecule has 0 aromatic heterocycles. The number of rotatable bonds is 5. The van der Waals surface area contributed by atoms with E-state index in [9.17, 15) is 9.90 Å². The number of aliphatic carboxylic acids is 1. The van der Waals surface area contributed by atoms with Gasteiger partial charge in [0.15, 0.2) is 0 Å². The first-order valence-electron chi connectivity index (χ1n) is 5.79. The zero-order valence-electron chi connectivity index (χ0n) is 10.4. The van der Waals surface area contributed by atoms with Crippen LogP contribution in [0.25, 0.3) is 0 Å². The molecule has 0 saturated heterocycles. The van der Waals surface area contributed by atoms with Gasteiger partial charge in [-0.1, -0.05) is 30.3 Å². The van der Waals surface area contributed by atoms with Gasteiger partial charge in [-0.05, 0) is 30.5 Å². The summed E-state index contributed by atoms with van der Waals surface area (Å²) in [5, 5.41) is 9.26. The summed E-state index contributed by atoms with van der Waals surface area (Å²) >= 11 is 1.63. The third-order valence-corrected chi connectivity index (χ3v) is 3.38. The average Bonchev–Trinajstić information content (AvgIpc) is 2.46. The number of carbonyl (C=O) groups is 1. The first-order valence-corrected chi connectivity index (χ1v) is 7.01. The summed E-state index contributed by atoms with van der Waals surface area (Å²) in [7, 11) is 0. The smallest absolute Gasteiger partial charge is 0.349 e. The average molecular weight is 274 g/mol. The van der Waals surface area contributed by atoms with Gasteiger partial charge in [0, 0.05) is 10.5 Å². The molecule has 19 heavy (non-hydrogen) atoms. The Morgan fingerprint density at radius 1 is 1.11 bits per heavy atom. The molecule has 0 radical (unpaired) electrons. The predicted octanol–water partition coefficient (Wildman–Crippen LogP) is 3.61. The van der Waals surface area contributed by atoms with Crippen LogP contribution in [0.15, 0.2) is 59.5 Å². The maximum absolute atomic E-state index is 11.3. The topological polar surface area (TPSA) is 46.5 Å². The van der Waals surface area contributed by atoms with Gasteiger partial charge in [-0.25, -0.2) is 4.79 Å². The van der Waals surface area contributed by atoms with Gasteiger partial charge in [-0.15, -0.1) is 11.8 Å². The van der Waals surface area contributed by atoms with Gasteiger partial charge in [0.25, 0.3) is 0 Å². The molecule has 0 amide bonds. The van der Waals surface area contributed by atoms with Gasteiger partial charge in [0.2, 0.25) is 6.10 Å². The van der Waals surface area contributed by atoms with Crippen LogP contribution in [-0.2, 0) is 4.79 Å². The Kier molecular flexibility index (Phi) is 4.47. The second kappa shape index (κ2) is 6.29. The molecular weight excluding hydrogens is 260 g/mol. The summed E-state index contributed by atoms with van der Waals surface area (Å²) in [6, 6.07) is 16.3. The Balaban J connectivity index is 2.19. The number of thioether (sulfide) groups is 1. The van der Waals surface area contributed by atoms with Crippen LogP contribution in [-0.4, -0.2) is 17.3 Å². The molecule has 0 heterocycles. The quantitative estimate of drug-likeness (QED) is 0.846. The third kappa shape index (κ3) is 3.51. The van der Waals surface area contributed by atoms with E-state index in [1.165, 1.54) is 0 Å². The fourth-order valence-electron chi connectivity index (χ4n) is 1.68. The highest BCUT2D eigenvalue weighted by Gasteiger charge is 2.21. The molecule has 4 heteroatoms. The third-order valence-electron chi connectivity index (χ3n) is 2.64. The first-order chi connectivity index (χ1) is 9.20. The molecule has 0 spiro atoms. The van der Waals surface area contributed by atoms with Crippen LogP contribution in [0.2, 0.25) is 0 Å². The van der Waals surface area contributed by atoms with Crippen molar-refractivity contribution in [3.05, 3.63) is 60.2 Å². The van der Waals surface area contributed by atoms with Crippen LogP contribution in [0, 0.1) is 0 Å². The minimum Gasteiger partial charge on any atom is -0.478 e. The van der Waals surface area contributed by atoms with Gasteiger partial charge in [0.05, 0.1) is 0 Å². The minimum atomic E-state index is -1.000. The minimum absolute atomic E-state index is 0.550. The van der Waals surface area contributed by atoms with Gasteiger partial charge in [0.1, 0.15) is 5.75 Å². The van der Waals surface area contributed by atoms with Crippen molar-refractivity contribution in [2.75, 3.05) is 6.26 Å². The number of ether oxygens (including phenoxy) is 1. The molecule has 1 atom stereocenters. The highest BCUT2D eigenvalue weighted by Crippen LogP contribution is 2.24. The summed E-state index contributed by atoms with van der Waals surface area (Å²) in [5.41, 5.74) is 0.629. The number of hydrogen-bond acceptors (Lipinski definition) is 3. The van der Waals surface area contributed by atoms with Crippen LogP contribution < -0.4 is 4.74 Å². The van der Waals surface area contributed by atoms with Crippen molar-refractivity contribution in [1.29, 1.82) is 0 Å². The second-order valence-corrected chi connectivity index (χ2v) is 4.80. The Morgan fingerprint density at radius 2 is 1.74 bits per heavy atom. The predicted molar refractivity (Wildman–Crippen MR) is 75.7 cm³/mol. The monoisotopic (exact) mass is 274 g/mol. The van der Waals surface area contributed by atoms with E-state index in [0.717, 1.165) is 4.90 Å². The molecule has 2 aromatic rings. The van der Waals surface area contributed by atoms with Gasteiger partial charge in [-0.2, -0.15) is 0 Å². The molecule has 3 nitrogen and oxygen atoms in total. The molecule has 2 aromatic carbocycles. The first kappa shape index (κ1) is 13.5. The lowest BCUT2D eigenvalue weighted by atomic mass is 10.1. The molecular formula is C15H14O3S. The summed E-state index contributed by atoms with van der Waals surface area (Å²) in [6.45, 7) is 0. The fraction of sp³-hybridized carbons (Fsp3) is 0.133. The zero-order valence-corrected chi connectivity index (χ0v) is 11.3. The highest BCUT2D eigenvalue weighted by molar-refractivity contribution is 7.98. The Labute approximate surface area is 116 Å². The van der Waals surface area contributed by atoms with E-state index in [2.05, 4.69) is 0 Å². The molecule has 0 aliphatic heterocycles. The molecule has 0 aliphatic carbocycles. The van der Waals surface area contributed by atoms with Crippen molar-refractivity contribution in [2.45, 2.75) is 11.0 Å². The molecule has 0 fully saturated rings. The molecule has 0 aliphatic rings. The number of benzene rings is 2. The summed E-state index contributed by atoms with van der Waals surface area (Å²) < 4.78 is 5.55. The molecule has 1 N–H and O–H groups in total. The lowest BCUT2D eigenvalue weighted by Crippen LogP contribution is -2.18. The highest BCUT2D eigenvalue weighted by atomic mass is 32.2. The SMILES string of the molecule is CSc1ccc(OC(C(=O)O)c2ccccc2)cc1. The van der Waals surface area contributed by atoms with Gasteiger partial charge < -0.3 is 9.84 Å². The van der Waals surface area contributed by atoms with E-state index in [0.29, 0.717) is 11.3 Å². The number of carboxylic acid groups (broad SMARTS) is 1. The van der Waals surface area contributed by atoms with Crippen LogP contribution in [0.4, 0.5) is 0 Å². The molecule has 0 saturated carbocycles. The lowest BCUT2D eigenvalue weighted by molar-refractivity contribution is -0.145. The van der Waals surface area contributed by atoms with Crippen LogP contribution >= 0.6 is 11.8 Å². The Hall–Kier alpha value is -1.94. The zero-order chi connectivity index (χ0) is 13.7. The van der Waals surface area contributed by atoms with E-state index in [1.54, 1.807) is 48.2 Å². The summed E-state index contributed by atoms with van der Waals surface area (Å²) in [5.74, 6) is -0.450. The van der Waals surface area contributed by atoms with Gasteiger partial charge >= 0.3 is 5.97 Å². The molecule has 1 unspecified atom stereocenters. The fourth-order valence-corrected chi connectivity index (χ4v) is 2.09. The van der Waals surface area contributed by atoms with Crippen molar-refractivity contribution >= 4 is 17.7 Å². The molecule has 2 rings (SSSR count). The van der Waals surface area contributed by atoms with Crippen LogP contribution in [0.1, 0.15) is 11.7 Å².